The topological polar surface area (TPSA) is 47.6 Å². The maximum absolute atomic E-state index is 12.0. The quantitative estimate of drug-likeness (QED) is 0.873. The van der Waals surface area contributed by atoms with Crippen LogP contribution in [0.4, 0.5) is 4.79 Å². The lowest BCUT2D eigenvalue weighted by atomic mass is 9.54. The van der Waals surface area contributed by atoms with Gasteiger partial charge in [0, 0.05) is 13.2 Å². The zero-order valence-electron chi connectivity index (χ0n) is 12.6. The molecule has 1 aromatic rings. The van der Waals surface area contributed by atoms with Gasteiger partial charge in [0.15, 0.2) is 0 Å². The molecule has 0 aromatic heterocycles. The normalized spacial score (nSPS) is 21.4. The van der Waals surface area contributed by atoms with Crippen molar-refractivity contribution in [2.24, 2.45) is 5.41 Å². The number of amides is 1. The minimum Gasteiger partial charge on any atom is -0.445 e. The van der Waals surface area contributed by atoms with E-state index < -0.39 is 11.6 Å². The first-order valence-corrected chi connectivity index (χ1v) is 7.70. The maximum atomic E-state index is 12.0. The number of rotatable bonds is 3. The van der Waals surface area contributed by atoms with E-state index in [0.29, 0.717) is 0 Å². The second-order valence-corrected chi connectivity index (χ2v) is 6.38. The number of carbonyl (C=O) groups excluding carboxylic acids is 1. The first kappa shape index (κ1) is 14.9. The van der Waals surface area contributed by atoms with Gasteiger partial charge < -0.3 is 14.8 Å². The summed E-state index contributed by atoms with van der Waals surface area (Å²) in [6.07, 6.45) is 8.91. The highest BCUT2D eigenvalue weighted by molar-refractivity contribution is 5.69. The van der Waals surface area contributed by atoms with Crippen molar-refractivity contribution < 1.29 is 14.3 Å². The van der Waals surface area contributed by atoms with Gasteiger partial charge in [-0.1, -0.05) is 36.3 Å². The van der Waals surface area contributed by atoms with Crippen LogP contribution >= 0.6 is 0 Å². The van der Waals surface area contributed by atoms with Gasteiger partial charge in [-0.3, -0.25) is 0 Å². The molecule has 4 nitrogen and oxygen atoms in total. The number of hydrogen-bond acceptors (Lipinski definition) is 3. The van der Waals surface area contributed by atoms with E-state index in [2.05, 4.69) is 11.2 Å². The minimum atomic E-state index is -0.550. The average molecular weight is 299 g/mol. The SMILES string of the molecule is C#CC1(NC(=O)OCc2ccccc2)CC2(CCOCC2)C1. The van der Waals surface area contributed by atoms with Crippen molar-refractivity contribution in [3.8, 4) is 12.3 Å². The van der Waals surface area contributed by atoms with Gasteiger partial charge in [-0.25, -0.2) is 4.79 Å². The van der Waals surface area contributed by atoms with Crippen molar-refractivity contribution in [3.63, 3.8) is 0 Å². The van der Waals surface area contributed by atoms with E-state index in [0.717, 1.165) is 44.5 Å². The number of carbonyl (C=O) groups is 1. The molecule has 1 spiro atoms. The van der Waals surface area contributed by atoms with Gasteiger partial charge in [-0.2, -0.15) is 0 Å². The Hall–Kier alpha value is -1.99. The highest BCUT2D eigenvalue weighted by atomic mass is 16.5. The number of nitrogens with one attached hydrogen (secondary N) is 1. The van der Waals surface area contributed by atoms with Crippen LogP contribution in [0.25, 0.3) is 0 Å². The Kier molecular flexibility index (Phi) is 4.08. The van der Waals surface area contributed by atoms with Crippen LogP contribution in [0.2, 0.25) is 0 Å². The van der Waals surface area contributed by atoms with Gasteiger partial charge in [-0.15, -0.1) is 6.42 Å². The van der Waals surface area contributed by atoms with E-state index in [-0.39, 0.29) is 12.0 Å². The molecule has 1 saturated heterocycles. The molecule has 1 aliphatic heterocycles. The number of hydrogen-bond donors (Lipinski definition) is 1. The summed E-state index contributed by atoms with van der Waals surface area (Å²) < 4.78 is 10.7. The summed E-state index contributed by atoms with van der Waals surface area (Å²) in [4.78, 5) is 12.0. The molecular formula is C18H21NO3. The molecule has 2 aliphatic rings. The Bertz CT molecular complexity index is 562. The molecule has 1 amide bonds. The first-order chi connectivity index (χ1) is 10.7. The minimum absolute atomic E-state index is 0.247. The molecule has 1 N–H and O–H groups in total. The van der Waals surface area contributed by atoms with Crippen molar-refractivity contribution in [1.29, 1.82) is 0 Å². The fourth-order valence-corrected chi connectivity index (χ4v) is 3.57. The third-order valence-corrected chi connectivity index (χ3v) is 4.74. The van der Waals surface area contributed by atoms with Gasteiger partial charge in [-0.05, 0) is 36.7 Å². The molecule has 22 heavy (non-hydrogen) atoms. The molecule has 0 unspecified atom stereocenters. The molecule has 3 rings (SSSR count). The summed E-state index contributed by atoms with van der Waals surface area (Å²) in [7, 11) is 0. The molecule has 1 aromatic carbocycles. The lowest BCUT2D eigenvalue weighted by Gasteiger charge is -2.55. The van der Waals surface area contributed by atoms with Crippen LogP contribution < -0.4 is 5.32 Å². The van der Waals surface area contributed by atoms with E-state index in [1.165, 1.54) is 0 Å². The Balaban J connectivity index is 1.51. The van der Waals surface area contributed by atoms with Crippen LogP contribution in [-0.4, -0.2) is 24.8 Å². The fraction of sp³-hybridized carbons (Fsp3) is 0.500. The van der Waals surface area contributed by atoms with Gasteiger partial charge in [0.25, 0.3) is 0 Å². The van der Waals surface area contributed by atoms with Crippen molar-refractivity contribution in [3.05, 3.63) is 35.9 Å². The molecule has 1 aliphatic carbocycles. The standard InChI is InChI=1S/C18H21NO3/c1-2-18(13-17(14-18)8-10-21-11-9-17)19-16(20)22-12-15-6-4-3-5-7-15/h1,3-7H,8-14H2,(H,19,20). The molecule has 0 atom stereocenters. The number of alkyl carbamates (subject to hydrolysis) is 1. The smallest absolute Gasteiger partial charge is 0.408 e. The predicted molar refractivity (Wildman–Crippen MR) is 83.0 cm³/mol. The fourth-order valence-electron chi connectivity index (χ4n) is 3.57. The lowest BCUT2D eigenvalue weighted by molar-refractivity contribution is -0.0629. The summed E-state index contributed by atoms with van der Waals surface area (Å²) in [5.74, 6) is 2.76. The molecule has 4 heteroatoms. The second kappa shape index (κ2) is 6.02. The van der Waals surface area contributed by atoms with E-state index in [4.69, 9.17) is 15.9 Å². The van der Waals surface area contributed by atoms with Crippen molar-refractivity contribution in [2.45, 2.75) is 37.8 Å². The van der Waals surface area contributed by atoms with Crippen LogP contribution in [0.3, 0.4) is 0 Å². The van der Waals surface area contributed by atoms with E-state index in [9.17, 15) is 4.79 Å². The van der Waals surface area contributed by atoms with Gasteiger partial charge in [0.05, 0.1) is 0 Å². The monoisotopic (exact) mass is 299 g/mol. The third kappa shape index (κ3) is 3.10. The van der Waals surface area contributed by atoms with E-state index in [1.807, 2.05) is 30.3 Å². The zero-order valence-corrected chi connectivity index (χ0v) is 12.6. The average Bonchev–Trinajstić information content (AvgIpc) is 2.53. The summed E-state index contributed by atoms with van der Waals surface area (Å²) in [6.45, 7) is 1.84. The van der Waals surface area contributed by atoms with Crippen molar-refractivity contribution in [1.82, 2.24) is 5.32 Å². The van der Waals surface area contributed by atoms with Gasteiger partial charge in [0.1, 0.15) is 12.1 Å². The van der Waals surface area contributed by atoms with E-state index >= 15 is 0 Å². The maximum Gasteiger partial charge on any atom is 0.408 e. The van der Waals surface area contributed by atoms with E-state index in [1.54, 1.807) is 0 Å². The molecule has 0 bridgehead atoms. The Morgan fingerprint density at radius 3 is 2.59 bits per heavy atom. The number of ether oxygens (including phenoxy) is 2. The van der Waals surface area contributed by atoms with Crippen LogP contribution in [-0.2, 0) is 16.1 Å². The molecule has 116 valence electrons. The van der Waals surface area contributed by atoms with Crippen molar-refractivity contribution >= 4 is 6.09 Å². The summed E-state index contributed by atoms with van der Waals surface area (Å²) >= 11 is 0. The Morgan fingerprint density at radius 1 is 1.27 bits per heavy atom. The van der Waals surface area contributed by atoms with Gasteiger partial charge >= 0.3 is 6.09 Å². The first-order valence-electron chi connectivity index (χ1n) is 7.70. The van der Waals surface area contributed by atoms with Gasteiger partial charge in [0.2, 0.25) is 0 Å². The molecular weight excluding hydrogens is 278 g/mol. The van der Waals surface area contributed by atoms with Crippen LogP contribution in [0.15, 0.2) is 30.3 Å². The Labute approximate surface area is 131 Å². The number of terminal acetylenes is 1. The highest BCUT2D eigenvalue weighted by Gasteiger charge is 2.55. The molecule has 0 radical (unpaired) electrons. The zero-order chi connectivity index (χ0) is 15.5. The predicted octanol–water partition coefficient (Wildman–Crippen LogP) is 2.88. The molecule has 1 heterocycles. The van der Waals surface area contributed by atoms with Crippen molar-refractivity contribution in [2.75, 3.05) is 13.2 Å². The summed E-state index contributed by atoms with van der Waals surface area (Å²) in [5.41, 5.74) is 0.657. The summed E-state index contributed by atoms with van der Waals surface area (Å²) in [5, 5.41) is 2.88. The lowest BCUT2D eigenvalue weighted by Crippen LogP contribution is -2.62. The van der Waals surface area contributed by atoms with Crippen LogP contribution in [0, 0.1) is 17.8 Å². The second-order valence-electron chi connectivity index (χ2n) is 6.38. The van der Waals surface area contributed by atoms with Crippen LogP contribution in [0.1, 0.15) is 31.2 Å². The molecule has 1 saturated carbocycles. The number of benzene rings is 1. The largest absolute Gasteiger partial charge is 0.445 e. The van der Waals surface area contributed by atoms with Crippen LogP contribution in [0.5, 0.6) is 0 Å². The highest BCUT2D eigenvalue weighted by Crippen LogP contribution is 2.54. The Morgan fingerprint density at radius 2 is 1.95 bits per heavy atom. The third-order valence-electron chi connectivity index (χ3n) is 4.74. The summed E-state index contributed by atoms with van der Waals surface area (Å²) in [6, 6.07) is 9.61. The molecule has 2 fully saturated rings.